The lowest BCUT2D eigenvalue weighted by molar-refractivity contribution is 0.0971. The Morgan fingerprint density at radius 3 is 2.43 bits per heavy atom. The van der Waals surface area contributed by atoms with Crippen molar-refractivity contribution in [3.8, 4) is 5.75 Å². The summed E-state index contributed by atoms with van der Waals surface area (Å²) in [7, 11) is 0. The lowest BCUT2D eigenvalue weighted by Crippen LogP contribution is -2.29. The number of carbonyl (C=O) groups excluding carboxylic acids is 1. The van der Waals surface area contributed by atoms with E-state index in [-0.39, 0.29) is 17.1 Å². The summed E-state index contributed by atoms with van der Waals surface area (Å²) >= 11 is 6.17. The summed E-state index contributed by atoms with van der Waals surface area (Å²) < 4.78 is 11.9. The van der Waals surface area contributed by atoms with Crippen molar-refractivity contribution in [3.05, 3.63) is 104 Å². The summed E-state index contributed by atoms with van der Waals surface area (Å²) in [4.78, 5) is 29.0. The molecule has 1 unspecified atom stereocenters. The van der Waals surface area contributed by atoms with Crippen molar-refractivity contribution >= 4 is 34.2 Å². The number of unbranched alkanes of at least 4 members (excludes halogenated alkanes) is 2. The second-order valence-corrected chi connectivity index (χ2v) is 9.29. The number of ether oxygens (including phenoxy) is 1. The average Bonchev–Trinajstić information content (AvgIpc) is 3.16. The number of halogens is 1. The number of amides is 1. The van der Waals surface area contributed by atoms with E-state index in [1.807, 2.05) is 55.5 Å². The fourth-order valence-electron chi connectivity index (χ4n) is 4.52. The van der Waals surface area contributed by atoms with E-state index < -0.39 is 6.04 Å². The van der Waals surface area contributed by atoms with Crippen LogP contribution in [0.25, 0.3) is 11.0 Å². The standard InChI is InChI=1S/C29H26ClNO4/c1-3-4-5-16-34-22-13-8-19(9-14-22)26-25-27(32)23-17-20(30)10-15-24(23)35-28(25)29(33)31(26)21-11-6-18(2)7-12-21/h6-15,17,26H,3-5,16H2,1-2H3. The van der Waals surface area contributed by atoms with Crippen molar-refractivity contribution < 1.29 is 13.9 Å². The molecule has 6 heteroatoms. The molecule has 0 aliphatic carbocycles. The van der Waals surface area contributed by atoms with Crippen LogP contribution < -0.4 is 15.1 Å². The van der Waals surface area contributed by atoms with Crippen molar-refractivity contribution in [2.24, 2.45) is 0 Å². The number of hydrogen-bond donors (Lipinski definition) is 0. The van der Waals surface area contributed by atoms with Gasteiger partial charge in [-0.05, 0) is 61.4 Å². The van der Waals surface area contributed by atoms with Crippen molar-refractivity contribution in [2.75, 3.05) is 11.5 Å². The molecule has 1 aliphatic rings. The molecule has 0 radical (unpaired) electrons. The molecule has 0 bridgehead atoms. The lowest BCUT2D eigenvalue weighted by Gasteiger charge is -2.25. The van der Waals surface area contributed by atoms with Gasteiger partial charge in [0.1, 0.15) is 11.3 Å². The molecule has 0 saturated heterocycles. The van der Waals surface area contributed by atoms with Crippen LogP contribution in [-0.4, -0.2) is 12.5 Å². The SMILES string of the molecule is CCCCCOc1ccc(C2c3c(oc4ccc(Cl)cc4c3=O)C(=O)N2c2ccc(C)cc2)cc1. The van der Waals surface area contributed by atoms with E-state index in [9.17, 15) is 9.59 Å². The highest BCUT2D eigenvalue weighted by molar-refractivity contribution is 6.31. The van der Waals surface area contributed by atoms with Crippen LogP contribution in [0.5, 0.6) is 5.75 Å². The van der Waals surface area contributed by atoms with Crippen LogP contribution in [0.1, 0.15) is 59.5 Å². The molecule has 2 heterocycles. The van der Waals surface area contributed by atoms with Gasteiger partial charge in [-0.3, -0.25) is 14.5 Å². The minimum absolute atomic E-state index is 0.0651. The van der Waals surface area contributed by atoms with E-state index in [1.54, 1.807) is 23.1 Å². The summed E-state index contributed by atoms with van der Waals surface area (Å²) in [5.41, 5.74) is 2.98. The highest BCUT2D eigenvalue weighted by Crippen LogP contribution is 2.41. The zero-order valence-electron chi connectivity index (χ0n) is 19.7. The molecular formula is C29H26ClNO4. The minimum atomic E-state index is -0.631. The number of rotatable bonds is 7. The van der Waals surface area contributed by atoms with Crippen molar-refractivity contribution in [1.82, 2.24) is 0 Å². The molecule has 0 fully saturated rings. The molecule has 5 nitrogen and oxygen atoms in total. The number of hydrogen-bond acceptors (Lipinski definition) is 4. The Hall–Kier alpha value is -3.57. The van der Waals surface area contributed by atoms with Gasteiger partial charge in [-0.1, -0.05) is 61.2 Å². The molecule has 1 amide bonds. The fraction of sp³-hybridized carbons (Fsp3) is 0.241. The molecule has 0 saturated carbocycles. The summed E-state index contributed by atoms with van der Waals surface area (Å²) in [6.07, 6.45) is 3.26. The van der Waals surface area contributed by atoms with Crippen LogP contribution in [-0.2, 0) is 0 Å². The van der Waals surface area contributed by atoms with Gasteiger partial charge in [-0.25, -0.2) is 0 Å². The minimum Gasteiger partial charge on any atom is -0.494 e. The first kappa shape index (κ1) is 23.2. The van der Waals surface area contributed by atoms with E-state index in [2.05, 4.69) is 6.92 Å². The third-order valence-corrected chi connectivity index (χ3v) is 6.59. The quantitative estimate of drug-likeness (QED) is 0.261. The van der Waals surface area contributed by atoms with Crippen LogP contribution in [0.15, 0.2) is 75.9 Å². The number of fused-ring (bicyclic) bond motifs is 2. The second-order valence-electron chi connectivity index (χ2n) is 8.85. The van der Waals surface area contributed by atoms with Crippen LogP contribution in [0.3, 0.4) is 0 Å². The first-order valence-corrected chi connectivity index (χ1v) is 12.2. The van der Waals surface area contributed by atoms with Gasteiger partial charge in [0.05, 0.1) is 23.6 Å². The van der Waals surface area contributed by atoms with Crippen LogP contribution in [0, 0.1) is 6.92 Å². The second kappa shape index (κ2) is 9.59. The van der Waals surface area contributed by atoms with Gasteiger partial charge in [-0.15, -0.1) is 0 Å². The molecule has 0 N–H and O–H groups in total. The van der Waals surface area contributed by atoms with Crippen molar-refractivity contribution in [2.45, 2.75) is 39.2 Å². The summed E-state index contributed by atoms with van der Waals surface area (Å²) in [5, 5.41) is 0.793. The van der Waals surface area contributed by atoms with E-state index in [0.29, 0.717) is 33.8 Å². The number of carbonyl (C=O) groups is 1. The van der Waals surface area contributed by atoms with Gasteiger partial charge in [0.25, 0.3) is 5.91 Å². The van der Waals surface area contributed by atoms with E-state index in [1.165, 1.54) is 0 Å². The molecule has 178 valence electrons. The predicted octanol–water partition coefficient (Wildman–Crippen LogP) is 7.07. The normalized spacial score (nSPS) is 15.0. The highest BCUT2D eigenvalue weighted by atomic mass is 35.5. The number of nitrogens with zero attached hydrogens (tertiary/aromatic N) is 1. The largest absolute Gasteiger partial charge is 0.494 e. The highest BCUT2D eigenvalue weighted by Gasteiger charge is 2.43. The lowest BCUT2D eigenvalue weighted by atomic mass is 9.98. The molecular weight excluding hydrogens is 462 g/mol. The van der Waals surface area contributed by atoms with Crippen LogP contribution in [0.4, 0.5) is 5.69 Å². The first-order chi connectivity index (χ1) is 17.0. The zero-order chi connectivity index (χ0) is 24.5. The van der Waals surface area contributed by atoms with E-state index in [0.717, 1.165) is 36.1 Å². The van der Waals surface area contributed by atoms with Gasteiger partial charge in [0.15, 0.2) is 5.43 Å². The molecule has 35 heavy (non-hydrogen) atoms. The summed E-state index contributed by atoms with van der Waals surface area (Å²) in [5.74, 6) is 0.478. The number of benzene rings is 3. The molecule has 5 rings (SSSR count). The third kappa shape index (κ3) is 4.32. The van der Waals surface area contributed by atoms with Gasteiger partial charge in [0, 0.05) is 10.7 Å². The maximum atomic E-state index is 13.7. The van der Waals surface area contributed by atoms with E-state index >= 15 is 0 Å². The number of aryl methyl sites for hydroxylation is 1. The molecule has 3 aromatic carbocycles. The Morgan fingerprint density at radius 2 is 1.71 bits per heavy atom. The van der Waals surface area contributed by atoms with Gasteiger partial charge >= 0.3 is 0 Å². The van der Waals surface area contributed by atoms with Crippen LogP contribution in [0.2, 0.25) is 5.02 Å². The molecule has 1 aliphatic heterocycles. The van der Waals surface area contributed by atoms with Gasteiger partial charge < -0.3 is 9.15 Å². The molecule has 0 spiro atoms. The average molecular weight is 488 g/mol. The Balaban J connectivity index is 1.62. The fourth-order valence-corrected chi connectivity index (χ4v) is 4.69. The Bertz CT molecular complexity index is 1440. The Kier molecular flexibility index (Phi) is 6.35. The maximum absolute atomic E-state index is 13.7. The Labute approximate surface area is 208 Å². The molecule has 1 atom stereocenters. The summed E-state index contributed by atoms with van der Waals surface area (Å²) in [6.45, 7) is 4.80. The smallest absolute Gasteiger partial charge is 0.295 e. The maximum Gasteiger partial charge on any atom is 0.295 e. The van der Waals surface area contributed by atoms with Gasteiger partial charge in [0.2, 0.25) is 5.76 Å². The van der Waals surface area contributed by atoms with E-state index in [4.69, 9.17) is 20.8 Å². The third-order valence-electron chi connectivity index (χ3n) is 6.36. The monoisotopic (exact) mass is 487 g/mol. The Morgan fingerprint density at radius 1 is 0.971 bits per heavy atom. The summed E-state index contributed by atoms with van der Waals surface area (Å²) in [6, 6.07) is 19.5. The predicted molar refractivity (Wildman–Crippen MR) is 139 cm³/mol. The first-order valence-electron chi connectivity index (χ1n) is 11.9. The van der Waals surface area contributed by atoms with Crippen molar-refractivity contribution in [1.29, 1.82) is 0 Å². The zero-order valence-corrected chi connectivity index (χ0v) is 20.5. The topological polar surface area (TPSA) is 59.8 Å². The molecule has 1 aromatic heterocycles. The van der Waals surface area contributed by atoms with Gasteiger partial charge in [-0.2, -0.15) is 0 Å². The molecule has 4 aromatic rings. The number of anilines is 1. The van der Waals surface area contributed by atoms with Crippen molar-refractivity contribution in [3.63, 3.8) is 0 Å². The van der Waals surface area contributed by atoms with Crippen LogP contribution >= 0.6 is 11.6 Å².